The molecule has 2 aliphatic heterocycles. The minimum absolute atomic E-state index is 0.0204. The molecule has 0 spiro atoms. The van der Waals surface area contributed by atoms with Crippen molar-refractivity contribution >= 4 is 17.8 Å². The number of carbonyl (C=O) groups is 3. The third-order valence-electron chi connectivity index (χ3n) is 7.13. The Labute approximate surface area is 207 Å². The lowest BCUT2D eigenvalue weighted by molar-refractivity contribution is -0.152. The molecule has 0 aliphatic carbocycles. The zero-order chi connectivity index (χ0) is 25.3. The molecule has 1 N–H and O–H groups in total. The predicted molar refractivity (Wildman–Crippen MR) is 135 cm³/mol. The van der Waals surface area contributed by atoms with Gasteiger partial charge in [0.2, 0.25) is 11.8 Å². The number of likely N-dealkylation sites (tertiary alicyclic amines) is 1. The Hall–Kier alpha value is -1.63. The lowest BCUT2D eigenvalue weighted by Crippen LogP contribution is -2.62. The molecule has 2 aliphatic rings. The molecular formula is C27H49N3O4. The predicted octanol–water partition coefficient (Wildman–Crippen LogP) is 4.00. The molecule has 0 aromatic heterocycles. The summed E-state index contributed by atoms with van der Waals surface area (Å²) in [5, 5.41) is 3.35. The average Bonchev–Trinajstić information content (AvgIpc) is 2.78. The van der Waals surface area contributed by atoms with Crippen LogP contribution in [0.25, 0.3) is 0 Å². The molecule has 0 aromatic carbocycles. The van der Waals surface area contributed by atoms with Crippen molar-refractivity contribution in [1.29, 1.82) is 0 Å². The van der Waals surface area contributed by atoms with Crippen molar-refractivity contribution in [2.24, 2.45) is 17.8 Å². The highest BCUT2D eigenvalue weighted by atomic mass is 16.5. The summed E-state index contributed by atoms with van der Waals surface area (Å²) in [6.07, 6.45) is 6.32. The summed E-state index contributed by atoms with van der Waals surface area (Å²) in [4.78, 5) is 43.0. The number of hydrogen-bond acceptors (Lipinski definition) is 5. The highest BCUT2D eigenvalue weighted by molar-refractivity contribution is 5.90. The maximum atomic E-state index is 13.6. The number of nitrogens with zero attached hydrogens (tertiary/aromatic N) is 2. The second kappa shape index (κ2) is 14.1. The van der Waals surface area contributed by atoms with E-state index in [0.29, 0.717) is 44.3 Å². The molecule has 7 heteroatoms. The zero-order valence-corrected chi connectivity index (χ0v) is 22.5. The summed E-state index contributed by atoms with van der Waals surface area (Å²) >= 11 is 0. The molecule has 2 fully saturated rings. The molecule has 0 radical (unpaired) electrons. The monoisotopic (exact) mass is 479 g/mol. The Kier molecular flexibility index (Phi) is 11.8. The Bertz CT molecular complexity index is 658. The van der Waals surface area contributed by atoms with Crippen LogP contribution in [0.2, 0.25) is 0 Å². The molecule has 0 aromatic rings. The van der Waals surface area contributed by atoms with Crippen LogP contribution in [0.4, 0.5) is 0 Å². The molecular weight excluding hydrogens is 430 g/mol. The van der Waals surface area contributed by atoms with Gasteiger partial charge in [-0.05, 0) is 56.3 Å². The quantitative estimate of drug-likeness (QED) is 0.428. The van der Waals surface area contributed by atoms with E-state index in [1.165, 1.54) is 0 Å². The fourth-order valence-electron chi connectivity index (χ4n) is 5.24. The van der Waals surface area contributed by atoms with E-state index >= 15 is 0 Å². The summed E-state index contributed by atoms with van der Waals surface area (Å²) in [7, 11) is 0. The Morgan fingerprint density at radius 2 is 1.74 bits per heavy atom. The molecule has 2 rings (SSSR count). The first-order valence-corrected chi connectivity index (χ1v) is 13.7. The number of ether oxygens (including phenoxy) is 1. The molecule has 2 heterocycles. The van der Waals surface area contributed by atoms with Gasteiger partial charge in [0.05, 0.1) is 6.04 Å². The number of carbonyl (C=O) groups excluding carboxylic acids is 3. The molecule has 0 bridgehead atoms. The van der Waals surface area contributed by atoms with Gasteiger partial charge in [0, 0.05) is 32.6 Å². The van der Waals surface area contributed by atoms with Crippen LogP contribution >= 0.6 is 0 Å². The van der Waals surface area contributed by atoms with Crippen molar-refractivity contribution in [2.45, 2.75) is 111 Å². The number of nitrogens with one attached hydrogen (secondary N) is 1. The van der Waals surface area contributed by atoms with E-state index in [9.17, 15) is 14.4 Å². The van der Waals surface area contributed by atoms with Gasteiger partial charge in [0.15, 0.2) is 0 Å². The smallest absolute Gasteiger partial charge is 0.306 e. The van der Waals surface area contributed by atoms with E-state index < -0.39 is 6.04 Å². The largest absolute Gasteiger partial charge is 0.462 e. The van der Waals surface area contributed by atoms with E-state index in [1.807, 2.05) is 9.80 Å². The first-order chi connectivity index (χ1) is 16.2. The van der Waals surface area contributed by atoms with Crippen LogP contribution in [-0.4, -0.2) is 72.0 Å². The van der Waals surface area contributed by atoms with Crippen LogP contribution in [0.3, 0.4) is 0 Å². The molecule has 34 heavy (non-hydrogen) atoms. The maximum Gasteiger partial charge on any atom is 0.306 e. The van der Waals surface area contributed by atoms with Crippen molar-refractivity contribution in [3.8, 4) is 0 Å². The second-order valence-corrected chi connectivity index (χ2v) is 11.1. The van der Waals surface area contributed by atoms with Crippen LogP contribution in [0.5, 0.6) is 0 Å². The van der Waals surface area contributed by atoms with Gasteiger partial charge in [-0.1, -0.05) is 48.0 Å². The average molecular weight is 480 g/mol. The van der Waals surface area contributed by atoms with Crippen molar-refractivity contribution in [2.75, 3.05) is 26.2 Å². The maximum absolute atomic E-state index is 13.6. The van der Waals surface area contributed by atoms with Gasteiger partial charge in [-0.25, -0.2) is 0 Å². The third-order valence-corrected chi connectivity index (χ3v) is 7.13. The third kappa shape index (κ3) is 8.54. The topological polar surface area (TPSA) is 79.0 Å². The van der Waals surface area contributed by atoms with Gasteiger partial charge in [-0.2, -0.15) is 0 Å². The lowest BCUT2D eigenvalue weighted by atomic mass is 9.92. The van der Waals surface area contributed by atoms with E-state index in [1.54, 1.807) is 0 Å². The number of hydrogen-bond donors (Lipinski definition) is 1. The van der Waals surface area contributed by atoms with Crippen LogP contribution in [0.15, 0.2) is 0 Å². The molecule has 2 amide bonds. The molecule has 2 saturated heterocycles. The zero-order valence-electron chi connectivity index (χ0n) is 22.5. The normalized spacial score (nSPS) is 21.8. The van der Waals surface area contributed by atoms with E-state index in [-0.39, 0.29) is 35.8 Å². The van der Waals surface area contributed by atoms with E-state index in [4.69, 9.17) is 4.74 Å². The summed E-state index contributed by atoms with van der Waals surface area (Å²) in [6, 6.07) is -0.599. The highest BCUT2D eigenvalue weighted by Crippen LogP contribution is 2.25. The van der Waals surface area contributed by atoms with Crippen LogP contribution in [0, 0.1) is 17.8 Å². The summed E-state index contributed by atoms with van der Waals surface area (Å²) < 4.78 is 5.66. The van der Waals surface area contributed by atoms with Gasteiger partial charge >= 0.3 is 5.97 Å². The molecule has 196 valence electrons. The molecule has 3 atom stereocenters. The van der Waals surface area contributed by atoms with Crippen molar-refractivity contribution < 1.29 is 19.1 Å². The van der Waals surface area contributed by atoms with Gasteiger partial charge in [-0.3, -0.25) is 14.4 Å². The van der Waals surface area contributed by atoms with E-state index in [2.05, 4.69) is 46.9 Å². The fourth-order valence-corrected chi connectivity index (χ4v) is 5.24. The van der Waals surface area contributed by atoms with Gasteiger partial charge in [-0.15, -0.1) is 0 Å². The number of piperidine rings is 1. The number of esters is 1. The summed E-state index contributed by atoms with van der Waals surface area (Å²) in [5.41, 5.74) is 0. The van der Waals surface area contributed by atoms with E-state index in [0.717, 1.165) is 45.1 Å². The first kappa shape index (κ1) is 28.6. The molecule has 0 saturated carbocycles. The standard InChI is InChI=1S/C27H49N3O4/c1-7-9-22(8-2)34-25(31)18-21-10-13-29(14-11-21)27(33)24(17-20(5)6)30-15-12-28-23(26(30)32)16-19(3)4/h19-24,28H,7-18H2,1-6H3/t22?,23-,24-/m0/s1. The molecule has 7 nitrogen and oxygen atoms in total. The van der Waals surface area contributed by atoms with Crippen LogP contribution in [0.1, 0.15) is 92.9 Å². The van der Waals surface area contributed by atoms with Gasteiger partial charge in [0.1, 0.15) is 12.1 Å². The molecule has 1 unspecified atom stereocenters. The number of rotatable bonds is 12. The van der Waals surface area contributed by atoms with Crippen LogP contribution in [-0.2, 0) is 19.1 Å². The SMILES string of the molecule is CCCC(CC)OC(=O)CC1CCN(C(=O)[C@H](CC(C)C)N2CCN[C@@H](CC(C)C)C2=O)CC1. The van der Waals surface area contributed by atoms with Crippen molar-refractivity contribution in [1.82, 2.24) is 15.1 Å². The minimum atomic E-state index is -0.398. The minimum Gasteiger partial charge on any atom is -0.462 e. The Morgan fingerprint density at radius 1 is 1.06 bits per heavy atom. The number of piperazine rings is 1. The Balaban J connectivity index is 1.95. The summed E-state index contributed by atoms with van der Waals surface area (Å²) in [5.74, 6) is 1.03. The Morgan fingerprint density at radius 3 is 2.29 bits per heavy atom. The first-order valence-electron chi connectivity index (χ1n) is 13.7. The van der Waals surface area contributed by atoms with Gasteiger partial charge < -0.3 is 19.9 Å². The van der Waals surface area contributed by atoms with Gasteiger partial charge in [0.25, 0.3) is 0 Å². The van der Waals surface area contributed by atoms with Crippen LogP contribution < -0.4 is 5.32 Å². The second-order valence-electron chi connectivity index (χ2n) is 11.1. The van der Waals surface area contributed by atoms with Crippen molar-refractivity contribution in [3.63, 3.8) is 0 Å². The summed E-state index contributed by atoms with van der Waals surface area (Å²) in [6.45, 7) is 15.2. The van der Waals surface area contributed by atoms with Crippen molar-refractivity contribution in [3.05, 3.63) is 0 Å². The number of amides is 2. The fraction of sp³-hybridized carbons (Fsp3) is 0.889. The highest BCUT2D eigenvalue weighted by Gasteiger charge is 2.39. The lowest BCUT2D eigenvalue weighted by Gasteiger charge is -2.42.